The first-order valence-corrected chi connectivity index (χ1v) is 6.35. The molecule has 0 aliphatic carbocycles. The molecule has 0 fully saturated rings. The lowest BCUT2D eigenvalue weighted by Crippen LogP contribution is -2.20. The van der Waals surface area contributed by atoms with E-state index in [0.29, 0.717) is 6.54 Å². The summed E-state index contributed by atoms with van der Waals surface area (Å²) < 4.78 is 10.8. The van der Waals surface area contributed by atoms with Crippen LogP contribution in [-0.2, 0) is 6.42 Å². The zero-order valence-electron chi connectivity index (χ0n) is 12.2. The van der Waals surface area contributed by atoms with Crippen LogP contribution in [-0.4, -0.2) is 20.8 Å². The molecule has 3 nitrogen and oxygen atoms in total. The quantitative estimate of drug-likeness (QED) is 0.845. The van der Waals surface area contributed by atoms with Gasteiger partial charge in [0.1, 0.15) is 11.5 Å². The van der Waals surface area contributed by atoms with E-state index in [1.165, 1.54) is 5.56 Å². The molecule has 0 amide bonds. The fraction of sp³-hybridized carbons (Fsp3) is 0.600. The molecule has 1 rings (SSSR count). The second-order valence-corrected chi connectivity index (χ2v) is 5.51. The first kappa shape index (κ1) is 14.8. The van der Waals surface area contributed by atoms with Crippen molar-refractivity contribution in [1.82, 2.24) is 0 Å². The Kier molecular flexibility index (Phi) is 5.03. The number of rotatable bonds is 6. The van der Waals surface area contributed by atoms with E-state index < -0.39 is 0 Å². The van der Waals surface area contributed by atoms with Crippen LogP contribution in [0.3, 0.4) is 0 Å². The van der Waals surface area contributed by atoms with Crippen LogP contribution in [0.15, 0.2) is 12.1 Å². The van der Waals surface area contributed by atoms with Crippen molar-refractivity contribution < 1.29 is 9.47 Å². The summed E-state index contributed by atoms with van der Waals surface area (Å²) in [6.45, 7) is 7.19. The summed E-state index contributed by atoms with van der Waals surface area (Å²) in [7, 11) is 3.41. The molecule has 0 heterocycles. The van der Waals surface area contributed by atoms with E-state index in [0.717, 1.165) is 29.9 Å². The summed E-state index contributed by atoms with van der Waals surface area (Å²) in [6.07, 6.45) is 1.93. The highest BCUT2D eigenvalue weighted by molar-refractivity contribution is 5.46. The molecule has 1 aromatic carbocycles. The minimum absolute atomic E-state index is 0.169. The summed E-state index contributed by atoms with van der Waals surface area (Å²) in [5.74, 6) is 1.84. The van der Waals surface area contributed by atoms with Gasteiger partial charge in [0.15, 0.2) is 0 Å². The van der Waals surface area contributed by atoms with Crippen LogP contribution in [0.1, 0.15) is 31.4 Å². The Morgan fingerprint density at radius 2 is 1.72 bits per heavy atom. The molecular formula is C15H25NO2. The number of hydrogen-bond donors (Lipinski definition) is 1. The van der Waals surface area contributed by atoms with Gasteiger partial charge >= 0.3 is 0 Å². The largest absolute Gasteiger partial charge is 0.496 e. The minimum atomic E-state index is 0.169. The number of nitrogens with two attached hydrogens (primary N) is 1. The third-order valence-corrected chi connectivity index (χ3v) is 3.29. The fourth-order valence-corrected chi connectivity index (χ4v) is 2.25. The van der Waals surface area contributed by atoms with E-state index in [-0.39, 0.29) is 5.41 Å². The second kappa shape index (κ2) is 6.10. The molecule has 3 heteroatoms. The maximum atomic E-state index is 5.66. The van der Waals surface area contributed by atoms with E-state index in [1.54, 1.807) is 14.2 Å². The highest BCUT2D eigenvalue weighted by Gasteiger charge is 2.20. The normalized spacial score (nSPS) is 11.4. The Bertz CT molecular complexity index is 400. The molecule has 102 valence electrons. The molecule has 0 aromatic heterocycles. The third kappa shape index (κ3) is 3.64. The highest BCUT2D eigenvalue weighted by Crippen LogP contribution is 2.34. The van der Waals surface area contributed by atoms with Gasteiger partial charge in [0.05, 0.1) is 14.2 Å². The molecule has 0 aliphatic heterocycles. The Morgan fingerprint density at radius 3 is 2.22 bits per heavy atom. The Balaban J connectivity index is 3.06. The van der Waals surface area contributed by atoms with Crippen LogP contribution in [0.4, 0.5) is 0 Å². The number of benzene rings is 1. The van der Waals surface area contributed by atoms with Crippen molar-refractivity contribution in [2.45, 2.75) is 33.6 Å². The fourth-order valence-electron chi connectivity index (χ4n) is 2.25. The molecule has 0 atom stereocenters. The van der Waals surface area contributed by atoms with Gasteiger partial charge < -0.3 is 15.2 Å². The van der Waals surface area contributed by atoms with Gasteiger partial charge in [-0.3, -0.25) is 0 Å². The summed E-state index contributed by atoms with van der Waals surface area (Å²) in [4.78, 5) is 0. The molecule has 0 aliphatic rings. The van der Waals surface area contributed by atoms with Crippen molar-refractivity contribution >= 4 is 0 Å². The zero-order chi connectivity index (χ0) is 13.8. The first-order chi connectivity index (χ1) is 8.43. The predicted molar refractivity (Wildman–Crippen MR) is 75.4 cm³/mol. The molecule has 2 N–H and O–H groups in total. The van der Waals surface area contributed by atoms with Crippen LogP contribution in [0.2, 0.25) is 0 Å². The first-order valence-electron chi connectivity index (χ1n) is 6.35. The second-order valence-electron chi connectivity index (χ2n) is 5.51. The molecule has 18 heavy (non-hydrogen) atoms. The molecule has 0 spiro atoms. The standard InChI is InChI=1S/C15H25NO2/c1-11-8-14(18-5)12(9-13(11)17-4)10-15(2,3)6-7-16/h8-9H,6-7,10,16H2,1-5H3. The summed E-state index contributed by atoms with van der Waals surface area (Å²) in [6, 6.07) is 4.11. The van der Waals surface area contributed by atoms with Crippen molar-refractivity contribution in [2.24, 2.45) is 11.1 Å². The van der Waals surface area contributed by atoms with Crippen molar-refractivity contribution in [3.8, 4) is 11.5 Å². The zero-order valence-corrected chi connectivity index (χ0v) is 12.2. The van der Waals surface area contributed by atoms with Gasteiger partial charge in [0, 0.05) is 0 Å². The van der Waals surface area contributed by atoms with Crippen LogP contribution in [0, 0.1) is 12.3 Å². The van der Waals surface area contributed by atoms with Crippen LogP contribution in [0.25, 0.3) is 0 Å². The number of methoxy groups -OCH3 is 2. The van der Waals surface area contributed by atoms with Gasteiger partial charge in [-0.25, -0.2) is 0 Å². The van der Waals surface area contributed by atoms with E-state index in [1.807, 2.05) is 13.0 Å². The summed E-state index contributed by atoms with van der Waals surface area (Å²) in [5, 5.41) is 0. The predicted octanol–water partition coefficient (Wildman–Crippen LogP) is 2.93. The molecule has 0 radical (unpaired) electrons. The average Bonchev–Trinajstić information content (AvgIpc) is 2.30. The Morgan fingerprint density at radius 1 is 1.11 bits per heavy atom. The molecule has 0 saturated heterocycles. The number of aryl methyl sites for hydroxylation is 1. The highest BCUT2D eigenvalue weighted by atomic mass is 16.5. The Labute approximate surface area is 110 Å². The molecule has 1 aromatic rings. The summed E-state index contributed by atoms with van der Waals surface area (Å²) >= 11 is 0. The molecule has 0 saturated carbocycles. The SMILES string of the molecule is COc1cc(CC(C)(C)CCN)c(OC)cc1C. The van der Waals surface area contributed by atoms with Gasteiger partial charge in [-0.05, 0) is 55.0 Å². The number of ether oxygens (including phenoxy) is 2. The Hall–Kier alpha value is -1.22. The topological polar surface area (TPSA) is 44.5 Å². The van der Waals surface area contributed by atoms with Gasteiger partial charge in [0.25, 0.3) is 0 Å². The van der Waals surface area contributed by atoms with E-state index in [4.69, 9.17) is 15.2 Å². The molecule has 0 bridgehead atoms. The lowest BCUT2D eigenvalue weighted by Gasteiger charge is -2.25. The smallest absolute Gasteiger partial charge is 0.122 e. The van der Waals surface area contributed by atoms with Crippen molar-refractivity contribution in [3.05, 3.63) is 23.3 Å². The van der Waals surface area contributed by atoms with E-state index >= 15 is 0 Å². The lowest BCUT2D eigenvalue weighted by atomic mass is 9.82. The van der Waals surface area contributed by atoms with Crippen LogP contribution in [0.5, 0.6) is 11.5 Å². The van der Waals surface area contributed by atoms with Gasteiger partial charge in [-0.2, -0.15) is 0 Å². The summed E-state index contributed by atoms with van der Waals surface area (Å²) in [5.41, 5.74) is 8.10. The van der Waals surface area contributed by atoms with E-state index in [2.05, 4.69) is 19.9 Å². The average molecular weight is 251 g/mol. The van der Waals surface area contributed by atoms with Crippen LogP contribution >= 0.6 is 0 Å². The van der Waals surface area contributed by atoms with Gasteiger partial charge in [-0.15, -0.1) is 0 Å². The minimum Gasteiger partial charge on any atom is -0.496 e. The monoisotopic (exact) mass is 251 g/mol. The van der Waals surface area contributed by atoms with Crippen molar-refractivity contribution in [2.75, 3.05) is 20.8 Å². The van der Waals surface area contributed by atoms with Crippen molar-refractivity contribution in [1.29, 1.82) is 0 Å². The maximum Gasteiger partial charge on any atom is 0.122 e. The third-order valence-electron chi connectivity index (χ3n) is 3.29. The molecular weight excluding hydrogens is 226 g/mol. The van der Waals surface area contributed by atoms with Crippen molar-refractivity contribution in [3.63, 3.8) is 0 Å². The van der Waals surface area contributed by atoms with Gasteiger partial charge in [-0.1, -0.05) is 13.8 Å². The van der Waals surface area contributed by atoms with E-state index in [9.17, 15) is 0 Å². The number of hydrogen-bond acceptors (Lipinski definition) is 3. The molecule has 0 unspecified atom stereocenters. The van der Waals surface area contributed by atoms with Gasteiger partial charge in [0.2, 0.25) is 0 Å². The van der Waals surface area contributed by atoms with Crippen LogP contribution < -0.4 is 15.2 Å². The lowest BCUT2D eigenvalue weighted by molar-refractivity contribution is 0.327. The maximum absolute atomic E-state index is 5.66.